The average Bonchev–Trinajstić information content (AvgIpc) is 2.86. The minimum Gasteiger partial charge on any atom is -0.494 e. The Kier molecular flexibility index (Phi) is 4.46. The number of likely N-dealkylation sites (tertiary alicyclic amines) is 1. The van der Waals surface area contributed by atoms with E-state index in [0.717, 1.165) is 31.7 Å². The summed E-state index contributed by atoms with van der Waals surface area (Å²) in [4.78, 5) is 4.89. The van der Waals surface area contributed by atoms with E-state index < -0.39 is 0 Å². The van der Waals surface area contributed by atoms with Gasteiger partial charge < -0.3 is 14.5 Å². The molecule has 110 valence electrons. The molecule has 0 N–H and O–H groups in total. The van der Waals surface area contributed by atoms with Gasteiger partial charge in [-0.1, -0.05) is 6.42 Å². The highest BCUT2D eigenvalue weighted by Gasteiger charge is 2.15. The van der Waals surface area contributed by atoms with Gasteiger partial charge in [-0.2, -0.15) is 0 Å². The van der Waals surface area contributed by atoms with Crippen LogP contribution in [0.5, 0.6) is 5.75 Å². The summed E-state index contributed by atoms with van der Waals surface area (Å²) in [6.45, 7) is 5.73. The van der Waals surface area contributed by atoms with Crippen molar-refractivity contribution in [2.45, 2.75) is 32.1 Å². The number of piperidine rings is 1. The van der Waals surface area contributed by atoms with E-state index >= 15 is 0 Å². The Balaban J connectivity index is 1.42. The molecule has 0 aliphatic carbocycles. The number of benzene rings is 1. The van der Waals surface area contributed by atoms with E-state index in [-0.39, 0.29) is 0 Å². The first-order chi connectivity index (χ1) is 9.83. The molecule has 2 aliphatic rings. The molecule has 0 unspecified atom stereocenters. The van der Waals surface area contributed by atoms with Crippen LogP contribution in [0.15, 0.2) is 18.2 Å². The van der Waals surface area contributed by atoms with Crippen LogP contribution in [0.1, 0.15) is 31.2 Å². The first kappa shape index (κ1) is 13.7. The fourth-order valence-electron chi connectivity index (χ4n) is 3.29. The van der Waals surface area contributed by atoms with Crippen LogP contribution in [0, 0.1) is 0 Å². The zero-order chi connectivity index (χ0) is 13.8. The maximum Gasteiger partial charge on any atom is 0.119 e. The second kappa shape index (κ2) is 6.49. The SMILES string of the molecule is CN1CCc2cc(OCCCN3CCCCC3)ccc21. The van der Waals surface area contributed by atoms with Crippen LogP contribution in [-0.2, 0) is 6.42 Å². The Bertz CT molecular complexity index is 441. The number of fused-ring (bicyclic) bond motifs is 1. The number of anilines is 1. The lowest BCUT2D eigenvalue weighted by atomic mass is 10.1. The highest BCUT2D eigenvalue weighted by Crippen LogP contribution is 2.30. The van der Waals surface area contributed by atoms with Gasteiger partial charge in [0.05, 0.1) is 6.61 Å². The maximum atomic E-state index is 5.91. The summed E-state index contributed by atoms with van der Waals surface area (Å²) in [5.41, 5.74) is 2.80. The molecule has 0 atom stereocenters. The molecule has 0 bridgehead atoms. The molecule has 0 saturated carbocycles. The molecule has 20 heavy (non-hydrogen) atoms. The molecule has 2 aliphatic heterocycles. The molecule has 3 heteroatoms. The third-order valence-electron chi connectivity index (χ3n) is 4.51. The predicted octanol–water partition coefficient (Wildman–Crippen LogP) is 2.93. The van der Waals surface area contributed by atoms with Crippen molar-refractivity contribution < 1.29 is 4.74 Å². The van der Waals surface area contributed by atoms with Gasteiger partial charge in [0.15, 0.2) is 0 Å². The standard InChI is InChI=1S/C17H26N2O/c1-18-12-8-15-14-16(6-7-17(15)18)20-13-5-11-19-9-3-2-4-10-19/h6-7,14H,2-5,8-13H2,1H3. The fourth-order valence-corrected chi connectivity index (χ4v) is 3.29. The minimum atomic E-state index is 0.838. The molecule has 0 amide bonds. The van der Waals surface area contributed by atoms with Crippen molar-refractivity contribution in [3.63, 3.8) is 0 Å². The third kappa shape index (κ3) is 3.26. The minimum absolute atomic E-state index is 0.838. The van der Waals surface area contributed by atoms with E-state index in [1.54, 1.807) is 0 Å². The van der Waals surface area contributed by atoms with Gasteiger partial charge in [0.25, 0.3) is 0 Å². The molecule has 1 fully saturated rings. The molecule has 0 radical (unpaired) electrons. The summed E-state index contributed by atoms with van der Waals surface area (Å²) in [6.07, 6.45) is 6.45. The van der Waals surface area contributed by atoms with Crippen molar-refractivity contribution in [3.8, 4) is 5.75 Å². The molecule has 3 nitrogen and oxygen atoms in total. The third-order valence-corrected chi connectivity index (χ3v) is 4.51. The zero-order valence-electron chi connectivity index (χ0n) is 12.6. The number of ether oxygens (including phenoxy) is 1. The van der Waals surface area contributed by atoms with Crippen molar-refractivity contribution in [3.05, 3.63) is 23.8 Å². The summed E-state index contributed by atoms with van der Waals surface area (Å²) >= 11 is 0. The smallest absolute Gasteiger partial charge is 0.119 e. The normalized spacial score (nSPS) is 19.1. The Labute approximate surface area is 122 Å². The number of rotatable bonds is 5. The highest BCUT2D eigenvalue weighted by atomic mass is 16.5. The summed E-state index contributed by atoms with van der Waals surface area (Å²) in [7, 11) is 2.16. The molecule has 1 aromatic carbocycles. The quantitative estimate of drug-likeness (QED) is 0.768. The summed E-state index contributed by atoms with van der Waals surface area (Å²) < 4.78 is 5.91. The first-order valence-corrected chi connectivity index (χ1v) is 8.02. The van der Waals surface area contributed by atoms with Gasteiger partial charge in [0.1, 0.15) is 5.75 Å². The topological polar surface area (TPSA) is 15.7 Å². The lowest BCUT2D eigenvalue weighted by molar-refractivity contribution is 0.205. The summed E-state index contributed by atoms with van der Waals surface area (Å²) in [6, 6.07) is 6.53. The van der Waals surface area contributed by atoms with Crippen LogP contribution in [0.3, 0.4) is 0 Å². The van der Waals surface area contributed by atoms with Crippen molar-refractivity contribution in [2.75, 3.05) is 44.7 Å². The van der Waals surface area contributed by atoms with Gasteiger partial charge in [0, 0.05) is 25.8 Å². The Hall–Kier alpha value is -1.22. The number of nitrogens with zero attached hydrogens (tertiary/aromatic N) is 2. The molecule has 0 aromatic heterocycles. The molecule has 1 aromatic rings. The van der Waals surface area contributed by atoms with Crippen molar-refractivity contribution >= 4 is 5.69 Å². The molecular formula is C17H26N2O. The maximum absolute atomic E-state index is 5.91. The number of hydrogen-bond acceptors (Lipinski definition) is 3. The molecule has 2 heterocycles. The van der Waals surface area contributed by atoms with Gasteiger partial charge in [-0.25, -0.2) is 0 Å². The fraction of sp³-hybridized carbons (Fsp3) is 0.647. The van der Waals surface area contributed by atoms with E-state index in [4.69, 9.17) is 4.74 Å². The first-order valence-electron chi connectivity index (χ1n) is 8.02. The number of likely N-dealkylation sites (N-methyl/N-ethyl adjacent to an activating group) is 1. The van der Waals surface area contributed by atoms with Crippen LogP contribution >= 0.6 is 0 Å². The summed E-state index contributed by atoms with van der Waals surface area (Å²) in [5, 5.41) is 0. The van der Waals surface area contributed by atoms with E-state index in [9.17, 15) is 0 Å². The van der Waals surface area contributed by atoms with Gasteiger partial charge in [0.2, 0.25) is 0 Å². The Morgan fingerprint density at radius 3 is 2.80 bits per heavy atom. The molecule has 0 spiro atoms. The number of hydrogen-bond donors (Lipinski definition) is 0. The van der Waals surface area contributed by atoms with E-state index in [1.807, 2.05) is 0 Å². The van der Waals surface area contributed by atoms with Gasteiger partial charge in [-0.3, -0.25) is 0 Å². The van der Waals surface area contributed by atoms with E-state index in [1.165, 1.54) is 50.1 Å². The van der Waals surface area contributed by atoms with Crippen LogP contribution in [0.25, 0.3) is 0 Å². The molecule has 3 rings (SSSR count). The average molecular weight is 274 g/mol. The molecular weight excluding hydrogens is 248 g/mol. The Morgan fingerprint density at radius 1 is 1.10 bits per heavy atom. The van der Waals surface area contributed by atoms with Gasteiger partial charge >= 0.3 is 0 Å². The van der Waals surface area contributed by atoms with E-state index in [2.05, 4.69) is 35.0 Å². The molecule has 1 saturated heterocycles. The Morgan fingerprint density at radius 2 is 1.95 bits per heavy atom. The highest BCUT2D eigenvalue weighted by molar-refractivity contribution is 5.59. The van der Waals surface area contributed by atoms with Crippen LogP contribution in [-0.4, -0.2) is 44.7 Å². The van der Waals surface area contributed by atoms with Crippen molar-refractivity contribution in [2.24, 2.45) is 0 Å². The van der Waals surface area contributed by atoms with Crippen LogP contribution in [0.2, 0.25) is 0 Å². The van der Waals surface area contributed by atoms with Crippen LogP contribution in [0.4, 0.5) is 5.69 Å². The largest absolute Gasteiger partial charge is 0.494 e. The van der Waals surface area contributed by atoms with Crippen LogP contribution < -0.4 is 9.64 Å². The lowest BCUT2D eigenvalue weighted by Crippen LogP contribution is -2.31. The van der Waals surface area contributed by atoms with E-state index in [0.29, 0.717) is 0 Å². The van der Waals surface area contributed by atoms with Crippen molar-refractivity contribution in [1.82, 2.24) is 4.90 Å². The van der Waals surface area contributed by atoms with Gasteiger partial charge in [-0.15, -0.1) is 0 Å². The van der Waals surface area contributed by atoms with Gasteiger partial charge in [-0.05, 0) is 62.5 Å². The second-order valence-corrected chi connectivity index (χ2v) is 6.07. The zero-order valence-corrected chi connectivity index (χ0v) is 12.6. The predicted molar refractivity (Wildman–Crippen MR) is 83.8 cm³/mol. The monoisotopic (exact) mass is 274 g/mol. The van der Waals surface area contributed by atoms with Crippen molar-refractivity contribution in [1.29, 1.82) is 0 Å². The lowest BCUT2D eigenvalue weighted by Gasteiger charge is -2.26. The second-order valence-electron chi connectivity index (χ2n) is 6.07. The summed E-state index contributed by atoms with van der Waals surface area (Å²) in [5.74, 6) is 1.04.